The molecule has 0 aliphatic rings. The van der Waals surface area contributed by atoms with Crippen LogP contribution >= 0.6 is 12.2 Å². The SMILES string of the molecule is CCCC(CCC)(C(=O)NCCc1ncon1)C(N)=S. The molecule has 1 aromatic heterocycles. The minimum absolute atomic E-state index is 0.0998. The molecule has 1 rings (SSSR count). The van der Waals surface area contributed by atoms with E-state index >= 15 is 0 Å². The van der Waals surface area contributed by atoms with E-state index in [2.05, 4.69) is 20.0 Å². The zero-order valence-electron chi connectivity index (χ0n) is 12.0. The monoisotopic (exact) mass is 298 g/mol. The summed E-state index contributed by atoms with van der Waals surface area (Å²) >= 11 is 5.14. The Hall–Kier alpha value is -1.50. The second-order valence-electron chi connectivity index (χ2n) is 4.80. The van der Waals surface area contributed by atoms with Gasteiger partial charge in [-0.2, -0.15) is 4.98 Å². The van der Waals surface area contributed by atoms with Crippen molar-refractivity contribution in [2.24, 2.45) is 11.1 Å². The van der Waals surface area contributed by atoms with Crippen molar-refractivity contribution in [3.8, 4) is 0 Å². The summed E-state index contributed by atoms with van der Waals surface area (Å²) < 4.78 is 4.64. The van der Waals surface area contributed by atoms with Crippen LogP contribution in [0.5, 0.6) is 0 Å². The number of aromatic nitrogens is 2. The van der Waals surface area contributed by atoms with Crippen molar-refractivity contribution < 1.29 is 9.32 Å². The molecular weight excluding hydrogens is 276 g/mol. The lowest BCUT2D eigenvalue weighted by Gasteiger charge is -2.31. The molecule has 6 nitrogen and oxygen atoms in total. The van der Waals surface area contributed by atoms with Crippen molar-refractivity contribution in [3.63, 3.8) is 0 Å². The van der Waals surface area contributed by atoms with Gasteiger partial charge < -0.3 is 15.6 Å². The Bertz CT molecular complexity index is 428. The number of thiocarbonyl (C=S) groups is 1. The smallest absolute Gasteiger partial charge is 0.233 e. The van der Waals surface area contributed by atoms with Crippen molar-refractivity contribution in [3.05, 3.63) is 12.2 Å². The number of amides is 1. The summed E-state index contributed by atoms with van der Waals surface area (Å²) in [7, 11) is 0. The number of nitrogens with one attached hydrogen (secondary N) is 1. The minimum atomic E-state index is -0.740. The average molecular weight is 298 g/mol. The fourth-order valence-corrected chi connectivity index (χ4v) is 2.62. The van der Waals surface area contributed by atoms with Crippen LogP contribution in [-0.2, 0) is 11.2 Å². The molecule has 20 heavy (non-hydrogen) atoms. The van der Waals surface area contributed by atoms with E-state index in [1.807, 2.05) is 13.8 Å². The van der Waals surface area contributed by atoms with Crippen LogP contribution < -0.4 is 11.1 Å². The molecule has 112 valence electrons. The van der Waals surface area contributed by atoms with E-state index in [0.29, 0.717) is 31.6 Å². The highest BCUT2D eigenvalue weighted by Crippen LogP contribution is 2.30. The Labute approximate surface area is 124 Å². The molecule has 0 aromatic carbocycles. The second kappa shape index (κ2) is 7.94. The summed E-state index contributed by atoms with van der Waals surface area (Å²) in [4.78, 5) is 16.7. The normalized spacial score (nSPS) is 11.3. The van der Waals surface area contributed by atoms with E-state index < -0.39 is 5.41 Å². The third-order valence-electron chi connectivity index (χ3n) is 3.30. The van der Waals surface area contributed by atoms with Gasteiger partial charge in [0.25, 0.3) is 0 Å². The van der Waals surface area contributed by atoms with Crippen molar-refractivity contribution in [1.29, 1.82) is 0 Å². The van der Waals surface area contributed by atoms with E-state index in [9.17, 15) is 4.79 Å². The van der Waals surface area contributed by atoms with Crippen LogP contribution in [-0.4, -0.2) is 27.6 Å². The quantitative estimate of drug-likeness (QED) is 0.673. The molecule has 3 N–H and O–H groups in total. The van der Waals surface area contributed by atoms with Crippen molar-refractivity contribution in [1.82, 2.24) is 15.5 Å². The van der Waals surface area contributed by atoms with Crippen LogP contribution in [0.4, 0.5) is 0 Å². The summed E-state index contributed by atoms with van der Waals surface area (Å²) in [5, 5.41) is 6.58. The Morgan fingerprint density at radius 3 is 2.55 bits per heavy atom. The largest absolute Gasteiger partial charge is 0.392 e. The molecule has 1 aromatic rings. The lowest BCUT2D eigenvalue weighted by atomic mass is 9.78. The highest BCUT2D eigenvalue weighted by atomic mass is 32.1. The van der Waals surface area contributed by atoms with E-state index in [0.717, 1.165) is 12.8 Å². The summed E-state index contributed by atoms with van der Waals surface area (Å²) in [5.41, 5.74) is 5.10. The lowest BCUT2D eigenvalue weighted by molar-refractivity contribution is -0.128. The van der Waals surface area contributed by atoms with E-state index in [-0.39, 0.29) is 10.9 Å². The van der Waals surface area contributed by atoms with Gasteiger partial charge in [0.1, 0.15) is 0 Å². The molecule has 0 radical (unpaired) electrons. The zero-order valence-corrected chi connectivity index (χ0v) is 12.8. The van der Waals surface area contributed by atoms with Crippen LogP contribution in [0.1, 0.15) is 45.4 Å². The van der Waals surface area contributed by atoms with Gasteiger partial charge in [-0.3, -0.25) is 4.79 Å². The molecule has 0 unspecified atom stereocenters. The maximum atomic E-state index is 12.5. The maximum Gasteiger partial charge on any atom is 0.233 e. The van der Waals surface area contributed by atoms with Crippen molar-refractivity contribution >= 4 is 23.1 Å². The number of nitrogens with zero attached hydrogens (tertiary/aromatic N) is 2. The molecule has 0 bridgehead atoms. The van der Waals surface area contributed by atoms with Gasteiger partial charge in [0, 0.05) is 13.0 Å². The Morgan fingerprint density at radius 2 is 2.10 bits per heavy atom. The Morgan fingerprint density at radius 1 is 1.45 bits per heavy atom. The fraction of sp³-hybridized carbons (Fsp3) is 0.692. The number of hydrogen-bond donors (Lipinski definition) is 2. The van der Waals surface area contributed by atoms with Crippen molar-refractivity contribution in [2.45, 2.75) is 46.0 Å². The first-order valence-electron chi connectivity index (χ1n) is 6.90. The number of carbonyl (C=O) groups is 1. The highest BCUT2D eigenvalue weighted by molar-refractivity contribution is 7.80. The number of nitrogens with two attached hydrogens (primary N) is 1. The lowest BCUT2D eigenvalue weighted by Crippen LogP contribution is -2.49. The first-order chi connectivity index (χ1) is 9.56. The van der Waals surface area contributed by atoms with Gasteiger partial charge in [-0.1, -0.05) is 44.1 Å². The van der Waals surface area contributed by atoms with Crippen LogP contribution in [0, 0.1) is 5.41 Å². The number of carbonyl (C=O) groups excluding carboxylic acids is 1. The summed E-state index contributed by atoms with van der Waals surface area (Å²) in [5.74, 6) is 0.467. The van der Waals surface area contributed by atoms with Crippen LogP contribution in [0.15, 0.2) is 10.9 Å². The Balaban J connectivity index is 2.64. The van der Waals surface area contributed by atoms with Gasteiger partial charge in [-0.25, -0.2) is 0 Å². The highest BCUT2D eigenvalue weighted by Gasteiger charge is 2.39. The molecule has 0 fully saturated rings. The molecule has 7 heteroatoms. The standard InChI is InChI=1S/C13H22N4O2S/c1-3-6-13(7-4-2,11(14)20)12(18)15-8-5-10-16-9-19-17-10/h9H,3-8H2,1-2H3,(H2,14,20)(H,15,18). The topological polar surface area (TPSA) is 94.0 Å². The van der Waals surface area contributed by atoms with Gasteiger partial charge in [0.05, 0.1) is 10.4 Å². The molecule has 0 saturated carbocycles. The van der Waals surface area contributed by atoms with Gasteiger partial charge >= 0.3 is 0 Å². The van der Waals surface area contributed by atoms with Gasteiger partial charge in [0.15, 0.2) is 5.82 Å². The summed E-state index contributed by atoms with van der Waals surface area (Å²) in [6, 6.07) is 0. The molecule has 0 spiro atoms. The number of rotatable bonds is 9. The molecular formula is C13H22N4O2S. The van der Waals surface area contributed by atoms with Crippen LogP contribution in [0.3, 0.4) is 0 Å². The van der Waals surface area contributed by atoms with Gasteiger partial charge in [-0.05, 0) is 12.8 Å². The molecule has 0 aliphatic heterocycles. The average Bonchev–Trinajstić information content (AvgIpc) is 2.91. The predicted octanol–water partition coefficient (Wildman–Crippen LogP) is 1.60. The minimum Gasteiger partial charge on any atom is -0.392 e. The van der Waals surface area contributed by atoms with E-state index in [1.54, 1.807) is 0 Å². The van der Waals surface area contributed by atoms with E-state index in [1.165, 1.54) is 6.39 Å². The first kappa shape index (κ1) is 16.6. The van der Waals surface area contributed by atoms with Crippen molar-refractivity contribution in [2.75, 3.05) is 6.54 Å². The van der Waals surface area contributed by atoms with Gasteiger partial charge in [0.2, 0.25) is 12.3 Å². The molecule has 0 aliphatic carbocycles. The zero-order chi connectivity index (χ0) is 15.0. The predicted molar refractivity (Wildman–Crippen MR) is 80.0 cm³/mol. The van der Waals surface area contributed by atoms with E-state index in [4.69, 9.17) is 18.0 Å². The van der Waals surface area contributed by atoms with Crippen LogP contribution in [0.25, 0.3) is 0 Å². The third kappa shape index (κ3) is 4.00. The van der Waals surface area contributed by atoms with Gasteiger partial charge in [-0.15, -0.1) is 0 Å². The summed E-state index contributed by atoms with van der Waals surface area (Å²) in [6.45, 7) is 4.49. The first-order valence-corrected chi connectivity index (χ1v) is 7.31. The molecule has 0 saturated heterocycles. The third-order valence-corrected chi connectivity index (χ3v) is 3.69. The maximum absolute atomic E-state index is 12.5. The van der Waals surface area contributed by atoms with Crippen LogP contribution in [0.2, 0.25) is 0 Å². The molecule has 1 heterocycles. The second-order valence-corrected chi connectivity index (χ2v) is 5.24. The molecule has 0 atom stereocenters. The molecule has 1 amide bonds. The summed E-state index contributed by atoms with van der Waals surface area (Å²) in [6.07, 6.45) is 4.85. The Kier molecular flexibility index (Phi) is 6.57. The fourth-order valence-electron chi connectivity index (χ4n) is 2.32. The number of hydrogen-bond acceptors (Lipinski definition) is 5.